The van der Waals surface area contributed by atoms with Crippen molar-refractivity contribution < 1.29 is 8.78 Å². The van der Waals surface area contributed by atoms with E-state index < -0.39 is 11.6 Å². The van der Waals surface area contributed by atoms with E-state index in [4.69, 9.17) is 5.73 Å². The Hall–Kier alpha value is -1.34. The monoisotopic (exact) mass is 330 g/mol. The van der Waals surface area contributed by atoms with Crippen LogP contribution in [0.3, 0.4) is 0 Å². The van der Waals surface area contributed by atoms with Gasteiger partial charge in [0.1, 0.15) is 17.3 Å². The van der Waals surface area contributed by atoms with Crippen LogP contribution < -0.4 is 5.73 Å². The molecule has 0 atom stereocenters. The highest BCUT2D eigenvalue weighted by Gasteiger charge is 2.11. The highest BCUT2D eigenvalue weighted by molar-refractivity contribution is 9.10. The summed E-state index contributed by atoms with van der Waals surface area (Å²) in [6.07, 6.45) is 4.11. The number of hydrogen-bond donors (Lipinski definition) is 1. The van der Waals surface area contributed by atoms with E-state index in [0.29, 0.717) is 6.54 Å². The van der Waals surface area contributed by atoms with Crippen LogP contribution in [-0.2, 0) is 6.42 Å². The summed E-state index contributed by atoms with van der Waals surface area (Å²) >= 11 is 2.93. The minimum atomic E-state index is -0.563. The molecular formula is C12H13BrF2N4. The second-order valence-corrected chi connectivity index (χ2v) is 4.97. The molecule has 0 bridgehead atoms. The van der Waals surface area contributed by atoms with Gasteiger partial charge in [0.25, 0.3) is 0 Å². The van der Waals surface area contributed by atoms with E-state index in [0.717, 1.165) is 37.1 Å². The zero-order valence-electron chi connectivity index (χ0n) is 10.1. The maximum absolute atomic E-state index is 13.7. The summed E-state index contributed by atoms with van der Waals surface area (Å²) < 4.78 is 28.5. The molecule has 2 N–H and O–H groups in total. The number of unbranched alkanes of at least 4 members (excludes halogenated alkanes) is 1. The fourth-order valence-electron chi connectivity index (χ4n) is 1.67. The van der Waals surface area contributed by atoms with Crippen LogP contribution in [0.1, 0.15) is 18.5 Å². The number of rotatable bonds is 5. The minimum Gasteiger partial charge on any atom is -0.330 e. The van der Waals surface area contributed by atoms with Crippen molar-refractivity contribution in [3.63, 3.8) is 0 Å². The quantitative estimate of drug-likeness (QED) is 0.677. The summed E-state index contributed by atoms with van der Waals surface area (Å²) in [4.78, 5) is 0. The second kappa shape index (κ2) is 6.21. The minimum absolute atomic E-state index is 0.0401. The molecule has 4 nitrogen and oxygen atoms in total. The van der Waals surface area contributed by atoms with E-state index in [-0.39, 0.29) is 10.2 Å². The van der Waals surface area contributed by atoms with Gasteiger partial charge in [-0.1, -0.05) is 5.21 Å². The molecule has 1 aromatic carbocycles. The molecule has 0 aliphatic heterocycles. The first-order valence-electron chi connectivity index (χ1n) is 5.88. The van der Waals surface area contributed by atoms with Gasteiger partial charge in [0, 0.05) is 6.07 Å². The number of nitrogens with two attached hydrogens (primary N) is 1. The van der Waals surface area contributed by atoms with Crippen LogP contribution in [-0.4, -0.2) is 21.5 Å². The Morgan fingerprint density at radius 2 is 2.00 bits per heavy atom. The Kier molecular flexibility index (Phi) is 4.60. The van der Waals surface area contributed by atoms with Crippen molar-refractivity contribution in [1.29, 1.82) is 0 Å². The summed E-state index contributed by atoms with van der Waals surface area (Å²) in [7, 11) is 0. The van der Waals surface area contributed by atoms with Crippen molar-refractivity contribution >= 4 is 15.9 Å². The Balaban J connectivity index is 2.20. The van der Waals surface area contributed by atoms with Crippen LogP contribution in [0.25, 0.3) is 5.69 Å². The molecule has 0 spiro atoms. The molecule has 102 valence electrons. The molecule has 1 heterocycles. The lowest BCUT2D eigenvalue weighted by Gasteiger charge is -2.03. The van der Waals surface area contributed by atoms with Crippen LogP contribution in [0, 0.1) is 11.6 Å². The van der Waals surface area contributed by atoms with Crippen LogP contribution in [0.2, 0.25) is 0 Å². The normalized spacial score (nSPS) is 10.9. The van der Waals surface area contributed by atoms with E-state index in [2.05, 4.69) is 26.2 Å². The molecule has 2 aromatic rings. The van der Waals surface area contributed by atoms with Gasteiger partial charge in [0.2, 0.25) is 0 Å². The van der Waals surface area contributed by atoms with Gasteiger partial charge in [-0.2, -0.15) is 0 Å². The van der Waals surface area contributed by atoms with Gasteiger partial charge < -0.3 is 5.73 Å². The van der Waals surface area contributed by atoms with Gasteiger partial charge in [0.05, 0.1) is 16.4 Å². The summed E-state index contributed by atoms with van der Waals surface area (Å²) in [5, 5.41) is 7.74. The first kappa shape index (κ1) is 14.1. The standard InChI is InChI=1S/C12H13BrF2N4/c13-9-5-11(15)12(6-10(9)14)19-7-8(17-18-19)3-1-2-4-16/h5-7H,1-4,16H2. The molecule has 0 aliphatic rings. The summed E-state index contributed by atoms with van der Waals surface area (Å²) in [6.45, 7) is 0.626. The molecule has 0 fully saturated rings. The molecule has 0 unspecified atom stereocenters. The van der Waals surface area contributed by atoms with Gasteiger partial charge in [-0.25, -0.2) is 13.5 Å². The van der Waals surface area contributed by atoms with Crippen LogP contribution in [0.4, 0.5) is 8.78 Å². The highest BCUT2D eigenvalue weighted by Crippen LogP contribution is 2.22. The summed E-state index contributed by atoms with van der Waals surface area (Å²) in [5.41, 5.74) is 6.18. The molecule has 0 amide bonds. The Morgan fingerprint density at radius 3 is 2.74 bits per heavy atom. The molecular weight excluding hydrogens is 318 g/mol. The van der Waals surface area contributed by atoms with E-state index in [1.165, 1.54) is 4.68 Å². The third-order valence-corrected chi connectivity index (χ3v) is 3.27. The third kappa shape index (κ3) is 3.36. The number of hydrogen-bond acceptors (Lipinski definition) is 3. The summed E-state index contributed by atoms with van der Waals surface area (Å²) in [5.74, 6) is -1.11. The first-order valence-corrected chi connectivity index (χ1v) is 6.67. The molecule has 0 saturated carbocycles. The van der Waals surface area contributed by atoms with Crippen molar-refractivity contribution in [2.24, 2.45) is 5.73 Å². The predicted octanol–water partition coefficient (Wildman–Crippen LogP) is 2.59. The van der Waals surface area contributed by atoms with Crippen LogP contribution >= 0.6 is 15.9 Å². The van der Waals surface area contributed by atoms with Gasteiger partial charge in [-0.05, 0) is 47.8 Å². The Morgan fingerprint density at radius 1 is 1.21 bits per heavy atom. The predicted molar refractivity (Wildman–Crippen MR) is 71.0 cm³/mol. The van der Waals surface area contributed by atoms with E-state index in [1.54, 1.807) is 6.20 Å². The first-order chi connectivity index (χ1) is 9.11. The largest absolute Gasteiger partial charge is 0.330 e. The molecule has 2 rings (SSSR count). The lowest BCUT2D eigenvalue weighted by atomic mass is 10.2. The van der Waals surface area contributed by atoms with Gasteiger partial charge >= 0.3 is 0 Å². The van der Waals surface area contributed by atoms with E-state index >= 15 is 0 Å². The van der Waals surface area contributed by atoms with E-state index in [9.17, 15) is 8.78 Å². The lowest BCUT2D eigenvalue weighted by Crippen LogP contribution is -2.00. The van der Waals surface area contributed by atoms with Crippen molar-refractivity contribution in [2.45, 2.75) is 19.3 Å². The Bertz CT molecular complexity index is 571. The van der Waals surface area contributed by atoms with Gasteiger partial charge in [0.15, 0.2) is 0 Å². The Labute approximate surface area is 117 Å². The number of nitrogens with zero attached hydrogens (tertiary/aromatic N) is 3. The topological polar surface area (TPSA) is 56.7 Å². The molecule has 0 aliphatic carbocycles. The average molecular weight is 331 g/mol. The van der Waals surface area contributed by atoms with Crippen molar-refractivity contribution in [1.82, 2.24) is 15.0 Å². The maximum atomic E-state index is 13.7. The van der Waals surface area contributed by atoms with Crippen molar-refractivity contribution in [3.8, 4) is 5.69 Å². The van der Waals surface area contributed by atoms with E-state index in [1.807, 2.05) is 0 Å². The molecule has 19 heavy (non-hydrogen) atoms. The lowest BCUT2D eigenvalue weighted by molar-refractivity contribution is 0.579. The summed E-state index contributed by atoms with van der Waals surface area (Å²) in [6, 6.07) is 2.15. The molecule has 7 heteroatoms. The number of aryl methyl sites for hydroxylation is 1. The SMILES string of the molecule is NCCCCc1cn(-c2cc(F)c(Br)cc2F)nn1. The molecule has 1 aromatic heterocycles. The fraction of sp³-hybridized carbons (Fsp3) is 0.333. The van der Waals surface area contributed by atoms with Gasteiger partial charge in [-0.15, -0.1) is 5.10 Å². The number of benzene rings is 1. The third-order valence-electron chi connectivity index (χ3n) is 2.66. The average Bonchev–Trinajstić information content (AvgIpc) is 2.83. The van der Waals surface area contributed by atoms with Crippen LogP contribution in [0.15, 0.2) is 22.8 Å². The molecule has 0 radical (unpaired) electrons. The number of aromatic nitrogens is 3. The fourth-order valence-corrected chi connectivity index (χ4v) is 1.98. The zero-order valence-corrected chi connectivity index (χ0v) is 11.7. The maximum Gasteiger partial charge on any atom is 0.150 e. The zero-order chi connectivity index (χ0) is 13.8. The van der Waals surface area contributed by atoms with Crippen molar-refractivity contribution in [2.75, 3.05) is 6.54 Å². The van der Waals surface area contributed by atoms with Crippen molar-refractivity contribution in [3.05, 3.63) is 40.1 Å². The van der Waals surface area contributed by atoms with Gasteiger partial charge in [-0.3, -0.25) is 0 Å². The number of halogens is 3. The van der Waals surface area contributed by atoms with Crippen LogP contribution in [0.5, 0.6) is 0 Å². The highest BCUT2D eigenvalue weighted by atomic mass is 79.9. The molecule has 0 saturated heterocycles. The smallest absolute Gasteiger partial charge is 0.150 e. The second-order valence-electron chi connectivity index (χ2n) is 4.12.